The first kappa shape index (κ1) is 14.7. The van der Waals surface area contributed by atoms with Crippen molar-refractivity contribution < 1.29 is 43.1 Å². The SMILES string of the molecule is O.O=S(=O)(O)OC1C(O)C(O)C(O)C1O. The van der Waals surface area contributed by atoms with E-state index in [1.165, 1.54) is 0 Å². The molecule has 10 heteroatoms. The van der Waals surface area contributed by atoms with Gasteiger partial charge in [0, 0.05) is 0 Å². The van der Waals surface area contributed by atoms with Crippen molar-refractivity contribution in [3.8, 4) is 0 Å². The third kappa shape index (κ3) is 3.06. The maximum absolute atomic E-state index is 10.2. The largest absolute Gasteiger partial charge is 0.412 e. The first-order valence-corrected chi connectivity index (χ1v) is 4.98. The van der Waals surface area contributed by atoms with Gasteiger partial charge in [-0.25, -0.2) is 4.18 Å². The minimum Gasteiger partial charge on any atom is -0.412 e. The van der Waals surface area contributed by atoms with Gasteiger partial charge in [0.2, 0.25) is 0 Å². The van der Waals surface area contributed by atoms with Crippen LogP contribution in [-0.4, -0.2) is 69.4 Å². The Balaban J connectivity index is 0.00000196. The molecule has 1 aliphatic carbocycles. The van der Waals surface area contributed by atoms with Crippen LogP contribution < -0.4 is 0 Å². The lowest BCUT2D eigenvalue weighted by Gasteiger charge is -2.16. The van der Waals surface area contributed by atoms with Gasteiger partial charge in [0.25, 0.3) is 0 Å². The van der Waals surface area contributed by atoms with Crippen LogP contribution in [0.3, 0.4) is 0 Å². The Morgan fingerprint density at radius 2 is 1.20 bits per heavy atom. The van der Waals surface area contributed by atoms with Crippen molar-refractivity contribution in [2.45, 2.75) is 30.5 Å². The zero-order valence-corrected chi connectivity index (χ0v) is 8.07. The summed E-state index contributed by atoms with van der Waals surface area (Å²) in [6, 6.07) is 0. The van der Waals surface area contributed by atoms with Crippen LogP contribution in [0, 0.1) is 0 Å². The standard InChI is InChI=1S/C5H10O8S.H2O/c6-1-2(7)4(9)5(3(1)8)13-14(10,11)12;/h1-9H,(H,10,11,12);1H2. The summed E-state index contributed by atoms with van der Waals surface area (Å²) in [6.45, 7) is 0. The van der Waals surface area contributed by atoms with Crippen molar-refractivity contribution in [3.05, 3.63) is 0 Å². The highest BCUT2D eigenvalue weighted by molar-refractivity contribution is 7.80. The Morgan fingerprint density at radius 1 is 0.867 bits per heavy atom. The molecule has 0 spiro atoms. The first-order valence-electron chi connectivity index (χ1n) is 3.62. The van der Waals surface area contributed by atoms with Crippen LogP contribution >= 0.6 is 0 Å². The van der Waals surface area contributed by atoms with Crippen LogP contribution in [0.2, 0.25) is 0 Å². The summed E-state index contributed by atoms with van der Waals surface area (Å²) in [4.78, 5) is 0. The van der Waals surface area contributed by atoms with Gasteiger partial charge < -0.3 is 25.9 Å². The molecule has 1 rings (SSSR count). The van der Waals surface area contributed by atoms with Gasteiger partial charge in [-0.2, -0.15) is 8.42 Å². The van der Waals surface area contributed by atoms with E-state index in [9.17, 15) is 8.42 Å². The monoisotopic (exact) mass is 248 g/mol. The average molecular weight is 248 g/mol. The van der Waals surface area contributed by atoms with Gasteiger partial charge in [0.1, 0.15) is 30.5 Å². The molecule has 0 heterocycles. The lowest BCUT2D eigenvalue weighted by Crippen LogP contribution is -2.37. The molecule has 0 amide bonds. The first-order chi connectivity index (χ1) is 6.24. The fraction of sp³-hybridized carbons (Fsp3) is 1.00. The summed E-state index contributed by atoms with van der Waals surface area (Å²) in [6.07, 6.45) is -8.81. The molecule has 7 N–H and O–H groups in total. The van der Waals surface area contributed by atoms with Crippen LogP contribution in [0.5, 0.6) is 0 Å². The van der Waals surface area contributed by atoms with E-state index in [0.29, 0.717) is 0 Å². The maximum atomic E-state index is 10.2. The molecule has 15 heavy (non-hydrogen) atoms. The van der Waals surface area contributed by atoms with Crippen LogP contribution in [0.15, 0.2) is 0 Å². The number of aliphatic hydroxyl groups excluding tert-OH is 4. The molecule has 0 aromatic carbocycles. The minimum absolute atomic E-state index is 0. The van der Waals surface area contributed by atoms with Gasteiger partial charge in [-0.3, -0.25) is 4.55 Å². The van der Waals surface area contributed by atoms with Crippen molar-refractivity contribution >= 4 is 10.4 Å². The zero-order chi connectivity index (χ0) is 11.1. The van der Waals surface area contributed by atoms with E-state index < -0.39 is 40.9 Å². The van der Waals surface area contributed by atoms with Crippen molar-refractivity contribution in [1.29, 1.82) is 0 Å². The highest BCUT2D eigenvalue weighted by Crippen LogP contribution is 2.25. The molecule has 0 aliphatic heterocycles. The topological polar surface area (TPSA) is 176 Å². The van der Waals surface area contributed by atoms with Crippen molar-refractivity contribution in [2.24, 2.45) is 0 Å². The molecular formula is C5H12O9S. The average Bonchev–Trinajstić information content (AvgIpc) is 2.20. The molecule has 1 fully saturated rings. The molecule has 0 radical (unpaired) electrons. The lowest BCUT2D eigenvalue weighted by molar-refractivity contribution is -0.0413. The predicted molar refractivity (Wildman–Crippen MR) is 44.1 cm³/mol. The van der Waals surface area contributed by atoms with E-state index in [1.54, 1.807) is 0 Å². The fourth-order valence-electron chi connectivity index (χ4n) is 1.25. The normalized spacial score (nSPS) is 41.3. The summed E-state index contributed by atoms with van der Waals surface area (Å²) >= 11 is 0. The van der Waals surface area contributed by atoms with E-state index in [2.05, 4.69) is 4.18 Å². The minimum atomic E-state index is -4.86. The molecular weight excluding hydrogens is 236 g/mol. The number of hydrogen-bond donors (Lipinski definition) is 5. The second kappa shape index (κ2) is 4.67. The van der Waals surface area contributed by atoms with Crippen LogP contribution in [0.4, 0.5) is 0 Å². The molecule has 0 bridgehead atoms. The zero-order valence-electron chi connectivity index (χ0n) is 7.26. The van der Waals surface area contributed by atoms with Crippen LogP contribution in [0.1, 0.15) is 0 Å². The third-order valence-electron chi connectivity index (χ3n) is 1.96. The van der Waals surface area contributed by atoms with Gasteiger partial charge >= 0.3 is 10.4 Å². The van der Waals surface area contributed by atoms with Crippen LogP contribution in [0.25, 0.3) is 0 Å². The Hall–Kier alpha value is -0.330. The summed E-state index contributed by atoms with van der Waals surface area (Å²) in [5.41, 5.74) is 0. The van der Waals surface area contributed by atoms with Gasteiger partial charge in [-0.1, -0.05) is 0 Å². The molecule has 92 valence electrons. The van der Waals surface area contributed by atoms with Gasteiger partial charge in [-0.05, 0) is 0 Å². The molecule has 4 atom stereocenters. The Kier molecular flexibility index (Phi) is 4.57. The molecule has 1 saturated carbocycles. The van der Waals surface area contributed by atoms with Crippen LogP contribution in [-0.2, 0) is 14.6 Å². The summed E-state index contributed by atoms with van der Waals surface area (Å²) in [5.74, 6) is 0. The Bertz CT molecular complexity index is 286. The molecule has 0 saturated heterocycles. The number of hydrogen-bond acceptors (Lipinski definition) is 7. The second-order valence-corrected chi connectivity index (χ2v) is 4.00. The van der Waals surface area contributed by atoms with Gasteiger partial charge in [0.15, 0.2) is 0 Å². The number of aliphatic hydroxyl groups is 4. The molecule has 0 aromatic heterocycles. The molecule has 9 nitrogen and oxygen atoms in total. The van der Waals surface area contributed by atoms with E-state index >= 15 is 0 Å². The maximum Gasteiger partial charge on any atom is 0.397 e. The van der Waals surface area contributed by atoms with Crippen molar-refractivity contribution in [1.82, 2.24) is 0 Å². The van der Waals surface area contributed by atoms with Crippen molar-refractivity contribution in [3.63, 3.8) is 0 Å². The van der Waals surface area contributed by atoms with E-state index in [4.69, 9.17) is 25.0 Å². The molecule has 0 aromatic rings. The lowest BCUT2D eigenvalue weighted by atomic mass is 10.2. The van der Waals surface area contributed by atoms with Crippen molar-refractivity contribution in [2.75, 3.05) is 0 Å². The van der Waals surface area contributed by atoms with E-state index in [1.807, 2.05) is 0 Å². The van der Waals surface area contributed by atoms with E-state index in [0.717, 1.165) is 0 Å². The number of rotatable bonds is 2. The fourth-order valence-corrected chi connectivity index (χ4v) is 1.76. The smallest absolute Gasteiger partial charge is 0.397 e. The Labute approximate surface area is 84.8 Å². The summed E-state index contributed by atoms with van der Waals surface area (Å²) in [7, 11) is -4.86. The van der Waals surface area contributed by atoms with Gasteiger partial charge in [0.05, 0.1) is 0 Å². The molecule has 4 unspecified atom stereocenters. The second-order valence-electron chi connectivity index (χ2n) is 2.95. The predicted octanol–water partition coefficient (Wildman–Crippen LogP) is -4.19. The highest BCUT2D eigenvalue weighted by Gasteiger charge is 2.50. The van der Waals surface area contributed by atoms with Gasteiger partial charge in [-0.15, -0.1) is 0 Å². The quantitative estimate of drug-likeness (QED) is 0.305. The van der Waals surface area contributed by atoms with E-state index in [-0.39, 0.29) is 5.48 Å². The summed E-state index contributed by atoms with van der Waals surface area (Å²) in [5, 5.41) is 36.2. The highest BCUT2D eigenvalue weighted by atomic mass is 32.3. The Morgan fingerprint density at radius 3 is 1.47 bits per heavy atom. The third-order valence-corrected chi connectivity index (χ3v) is 2.42. The summed E-state index contributed by atoms with van der Waals surface area (Å²) < 4.78 is 32.6. The molecule has 1 aliphatic rings.